The summed E-state index contributed by atoms with van der Waals surface area (Å²) in [6, 6.07) is 0. The smallest absolute Gasteiger partial charge is 0.250 e. The van der Waals surface area contributed by atoms with E-state index in [4.69, 9.17) is 10.0 Å². The molecule has 1 saturated heterocycles. The fourth-order valence-corrected chi connectivity index (χ4v) is 0.639. The zero-order valence-corrected chi connectivity index (χ0v) is 5.54. The first kappa shape index (κ1) is 8.84. The van der Waals surface area contributed by atoms with Crippen molar-refractivity contribution in [2.45, 2.75) is 12.8 Å². The molecule has 56 valence electrons. The number of hydroxylamine groups is 2. The van der Waals surface area contributed by atoms with Gasteiger partial charge in [0.1, 0.15) is 6.79 Å². The highest BCUT2D eigenvalue weighted by Gasteiger charge is 2.21. The summed E-state index contributed by atoms with van der Waals surface area (Å²) in [5.41, 5.74) is 0.495. The van der Waals surface area contributed by atoms with E-state index in [1.807, 2.05) is 6.79 Å². The van der Waals surface area contributed by atoms with Gasteiger partial charge in [0.05, 0.1) is 0 Å². The van der Waals surface area contributed by atoms with Gasteiger partial charge in [-0.15, -0.1) is 0 Å². The molecule has 0 spiro atoms. The number of carbonyl (C=O) groups is 2. The summed E-state index contributed by atoms with van der Waals surface area (Å²) in [7, 11) is 0. The van der Waals surface area contributed by atoms with Gasteiger partial charge in [-0.3, -0.25) is 10.0 Å². The third-order valence-corrected chi connectivity index (χ3v) is 1.16. The standard InChI is InChI=1S/C5H7NO2.CH2O/c1-4-2-3-5(7)6(4)8;1-2/h8H,1-3H2;1H2. The molecule has 0 saturated carbocycles. The van der Waals surface area contributed by atoms with Crippen LogP contribution < -0.4 is 0 Å². The lowest BCUT2D eigenvalue weighted by Crippen LogP contribution is -2.17. The van der Waals surface area contributed by atoms with Crippen LogP contribution >= 0.6 is 0 Å². The molecule has 4 heteroatoms. The maximum atomic E-state index is 10.4. The van der Waals surface area contributed by atoms with E-state index in [-0.39, 0.29) is 5.91 Å². The summed E-state index contributed by atoms with van der Waals surface area (Å²) in [4.78, 5) is 18.4. The minimum absolute atomic E-state index is 0.255. The monoisotopic (exact) mass is 143 g/mol. The van der Waals surface area contributed by atoms with Gasteiger partial charge in [-0.2, -0.15) is 5.06 Å². The van der Waals surface area contributed by atoms with E-state index >= 15 is 0 Å². The zero-order chi connectivity index (χ0) is 8.15. The van der Waals surface area contributed by atoms with Crippen molar-refractivity contribution in [3.05, 3.63) is 12.3 Å². The van der Waals surface area contributed by atoms with Crippen molar-refractivity contribution in [1.82, 2.24) is 5.06 Å². The molecule has 1 fully saturated rings. The number of rotatable bonds is 0. The summed E-state index contributed by atoms with van der Waals surface area (Å²) < 4.78 is 0. The highest BCUT2D eigenvalue weighted by Crippen LogP contribution is 2.16. The van der Waals surface area contributed by atoms with Crippen LogP contribution in [0.1, 0.15) is 12.8 Å². The third-order valence-electron chi connectivity index (χ3n) is 1.16. The summed E-state index contributed by atoms with van der Waals surface area (Å²) >= 11 is 0. The second-order valence-electron chi connectivity index (χ2n) is 1.77. The molecule has 0 aromatic rings. The largest absolute Gasteiger partial charge is 0.307 e. The van der Waals surface area contributed by atoms with Gasteiger partial charge in [0.15, 0.2) is 0 Å². The second-order valence-corrected chi connectivity index (χ2v) is 1.77. The quantitative estimate of drug-likeness (QED) is 0.497. The molecular formula is C6H9NO3. The van der Waals surface area contributed by atoms with Gasteiger partial charge < -0.3 is 4.79 Å². The average molecular weight is 143 g/mol. The number of carbonyl (C=O) groups excluding carboxylic acids is 2. The Morgan fingerprint density at radius 2 is 1.90 bits per heavy atom. The van der Waals surface area contributed by atoms with Crippen LogP contribution in [0.4, 0.5) is 0 Å². The van der Waals surface area contributed by atoms with E-state index in [1.54, 1.807) is 0 Å². The minimum Gasteiger partial charge on any atom is -0.307 e. The van der Waals surface area contributed by atoms with Crippen molar-refractivity contribution in [3.63, 3.8) is 0 Å². The number of hydrogen-bond donors (Lipinski definition) is 1. The van der Waals surface area contributed by atoms with E-state index < -0.39 is 0 Å². The molecule has 0 aliphatic carbocycles. The van der Waals surface area contributed by atoms with Gasteiger partial charge in [0, 0.05) is 12.1 Å². The topological polar surface area (TPSA) is 57.6 Å². The predicted molar refractivity (Wildman–Crippen MR) is 34.1 cm³/mol. The van der Waals surface area contributed by atoms with Crippen LogP contribution in [0.2, 0.25) is 0 Å². The molecule has 1 rings (SSSR count). The van der Waals surface area contributed by atoms with E-state index in [9.17, 15) is 4.79 Å². The molecule has 0 radical (unpaired) electrons. The molecule has 4 nitrogen and oxygen atoms in total. The van der Waals surface area contributed by atoms with Gasteiger partial charge in [-0.25, -0.2) is 0 Å². The Morgan fingerprint density at radius 3 is 2.00 bits per heavy atom. The Hall–Kier alpha value is -1.16. The van der Waals surface area contributed by atoms with E-state index in [0.717, 1.165) is 0 Å². The maximum absolute atomic E-state index is 10.4. The molecule has 0 aromatic heterocycles. The van der Waals surface area contributed by atoms with Crippen molar-refractivity contribution >= 4 is 12.7 Å². The summed E-state index contributed by atoms with van der Waals surface area (Å²) in [5, 5.41) is 9.26. The number of hydrogen-bond acceptors (Lipinski definition) is 3. The summed E-state index contributed by atoms with van der Waals surface area (Å²) in [6.07, 6.45) is 0.991. The van der Waals surface area contributed by atoms with Gasteiger partial charge >= 0.3 is 0 Å². The van der Waals surface area contributed by atoms with Gasteiger partial charge in [0.2, 0.25) is 0 Å². The van der Waals surface area contributed by atoms with Gasteiger partial charge in [-0.05, 0) is 6.42 Å². The number of amides is 1. The fourth-order valence-electron chi connectivity index (χ4n) is 0.639. The maximum Gasteiger partial charge on any atom is 0.250 e. The highest BCUT2D eigenvalue weighted by molar-refractivity contribution is 5.79. The van der Waals surface area contributed by atoms with E-state index in [0.29, 0.717) is 23.6 Å². The van der Waals surface area contributed by atoms with Gasteiger partial charge in [-0.1, -0.05) is 6.58 Å². The lowest BCUT2D eigenvalue weighted by atomic mass is 10.3. The molecule has 1 aliphatic rings. The molecule has 10 heavy (non-hydrogen) atoms. The number of allylic oxidation sites excluding steroid dienone is 1. The molecule has 1 amide bonds. The van der Waals surface area contributed by atoms with Crippen LogP contribution in [0, 0.1) is 0 Å². The Labute approximate surface area is 58.7 Å². The minimum atomic E-state index is -0.255. The first-order valence-corrected chi connectivity index (χ1v) is 2.70. The van der Waals surface area contributed by atoms with Crippen molar-refractivity contribution in [2.24, 2.45) is 0 Å². The lowest BCUT2D eigenvalue weighted by molar-refractivity contribution is -0.151. The summed E-state index contributed by atoms with van der Waals surface area (Å²) in [6.45, 7) is 5.44. The average Bonchev–Trinajstić information content (AvgIpc) is 2.25. The molecular weight excluding hydrogens is 134 g/mol. The number of nitrogens with zero attached hydrogens (tertiary/aromatic N) is 1. The zero-order valence-electron chi connectivity index (χ0n) is 5.54. The molecule has 1 N–H and O–H groups in total. The van der Waals surface area contributed by atoms with Crippen LogP contribution in [-0.2, 0) is 9.59 Å². The Morgan fingerprint density at radius 1 is 1.40 bits per heavy atom. The van der Waals surface area contributed by atoms with Crippen LogP contribution in [0.25, 0.3) is 0 Å². The Balaban J connectivity index is 0.000000371. The Kier molecular flexibility index (Phi) is 3.35. The van der Waals surface area contributed by atoms with Crippen molar-refractivity contribution in [3.8, 4) is 0 Å². The van der Waals surface area contributed by atoms with E-state index in [2.05, 4.69) is 6.58 Å². The molecule has 0 aromatic carbocycles. The first-order valence-electron chi connectivity index (χ1n) is 2.70. The van der Waals surface area contributed by atoms with Crippen molar-refractivity contribution in [1.29, 1.82) is 0 Å². The lowest BCUT2D eigenvalue weighted by Gasteiger charge is -2.03. The summed E-state index contributed by atoms with van der Waals surface area (Å²) in [5.74, 6) is -0.255. The third kappa shape index (κ3) is 1.66. The predicted octanol–water partition coefficient (Wildman–Crippen LogP) is 0.327. The van der Waals surface area contributed by atoms with Crippen LogP contribution in [0.5, 0.6) is 0 Å². The molecule has 0 bridgehead atoms. The second kappa shape index (κ2) is 3.79. The van der Waals surface area contributed by atoms with Gasteiger partial charge in [0.25, 0.3) is 5.91 Å². The van der Waals surface area contributed by atoms with Crippen LogP contribution in [0.15, 0.2) is 12.3 Å². The highest BCUT2D eigenvalue weighted by atomic mass is 16.5. The van der Waals surface area contributed by atoms with Crippen LogP contribution in [0.3, 0.4) is 0 Å². The Bertz CT molecular complexity index is 139. The normalized spacial score (nSPS) is 16.7. The SMILES string of the molecule is C=C1CCC(=O)N1O.C=O. The van der Waals surface area contributed by atoms with Crippen LogP contribution in [-0.4, -0.2) is 23.0 Å². The molecule has 0 unspecified atom stereocenters. The van der Waals surface area contributed by atoms with Crippen molar-refractivity contribution in [2.75, 3.05) is 0 Å². The van der Waals surface area contributed by atoms with E-state index in [1.165, 1.54) is 0 Å². The molecule has 1 aliphatic heterocycles. The fraction of sp³-hybridized carbons (Fsp3) is 0.333. The van der Waals surface area contributed by atoms with Crippen molar-refractivity contribution < 1.29 is 14.8 Å². The molecule has 1 heterocycles. The molecule has 0 atom stereocenters. The first-order chi connectivity index (χ1) is 4.72.